The Kier molecular flexibility index (Phi) is 7.75. The lowest BCUT2D eigenvalue weighted by Crippen LogP contribution is -2.47. The Morgan fingerprint density at radius 3 is 2.76 bits per heavy atom. The topological polar surface area (TPSA) is 71.7 Å². The van der Waals surface area contributed by atoms with Gasteiger partial charge in [-0.2, -0.15) is 0 Å². The molecule has 1 saturated carbocycles. The molecule has 0 spiro atoms. The van der Waals surface area contributed by atoms with Gasteiger partial charge < -0.3 is 10.1 Å². The van der Waals surface area contributed by atoms with Crippen molar-refractivity contribution >= 4 is 5.96 Å². The molecule has 1 aliphatic carbocycles. The van der Waals surface area contributed by atoms with Gasteiger partial charge in [-0.15, -0.1) is 0 Å². The van der Waals surface area contributed by atoms with Crippen molar-refractivity contribution in [1.82, 2.24) is 10.7 Å². The van der Waals surface area contributed by atoms with E-state index >= 15 is 0 Å². The van der Waals surface area contributed by atoms with Gasteiger partial charge in [0.25, 0.3) is 0 Å². The van der Waals surface area contributed by atoms with Crippen molar-refractivity contribution in [3.8, 4) is 0 Å². The molecule has 0 unspecified atom stereocenters. The van der Waals surface area contributed by atoms with Crippen molar-refractivity contribution in [3.63, 3.8) is 0 Å². The van der Waals surface area contributed by atoms with Crippen LogP contribution in [0.3, 0.4) is 0 Å². The van der Waals surface area contributed by atoms with Crippen molar-refractivity contribution in [3.05, 3.63) is 0 Å². The van der Waals surface area contributed by atoms with Crippen molar-refractivity contribution in [2.24, 2.45) is 10.8 Å². The molecule has 0 aliphatic heterocycles. The van der Waals surface area contributed by atoms with Gasteiger partial charge in [0.05, 0.1) is 0 Å². The summed E-state index contributed by atoms with van der Waals surface area (Å²) in [7, 11) is 0. The largest absolute Gasteiger partial charge is 0.382 e. The van der Waals surface area contributed by atoms with E-state index in [2.05, 4.69) is 15.7 Å². The van der Waals surface area contributed by atoms with Crippen LogP contribution in [0.5, 0.6) is 0 Å². The number of rotatable bonds is 6. The van der Waals surface area contributed by atoms with Crippen molar-refractivity contribution in [1.29, 1.82) is 0 Å². The predicted molar refractivity (Wildman–Crippen MR) is 70.7 cm³/mol. The Bertz CT molecular complexity index is 215. The first kappa shape index (κ1) is 14.3. The first-order chi connectivity index (χ1) is 8.36. The predicted octanol–water partition coefficient (Wildman–Crippen LogP) is 1.15. The molecule has 0 aromatic heterocycles. The van der Waals surface area contributed by atoms with E-state index in [9.17, 15) is 0 Å². The first-order valence-electron chi connectivity index (χ1n) is 6.72. The fourth-order valence-electron chi connectivity index (χ4n) is 2.08. The lowest BCUT2D eigenvalue weighted by Gasteiger charge is -2.24. The van der Waals surface area contributed by atoms with Gasteiger partial charge in [-0.1, -0.05) is 19.3 Å². The van der Waals surface area contributed by atoms with Crippen molar-refractivity contribution in [2.45, 2.75) is 51.5 Å². The summed E-state index contributed by atoms with van der Waals surface area (Å²) in [6.07, 6.45) is 7.35. The van der Waals surface area contributed by atoms with E-state index in [-0.39, 0.29) is 0 Å². The van der Waals surface area contributed by atoms with Crippen LogP contribution in [0.1, 0.15) is 45.4 Å². The number of nitrogens with one attached hydrogen (secondary N) is 2. The minimum Gasteiger partial charge on any atom is -0.382 e. The third kappa shape index (κ3) is 6.48. The molecule has 0 aromatic rings. The highest BCUT2D eigenvalue weighted by Crippen LogP contribution is 2.17. The molecule has 0 aromatic carbocycles. The second-order valence-electron chi connectivity index (χ2n) is 4.40. The average Bonchev–Trinajstić information content (AvgIpc) is 2.38. The first-order valence-corrected chi connectivity index (χ1v) is 6.72. The van der Waals surface area contributed by atoms with Crippen LogP contribution in [-0.2, 0) is 4.74 Å². The molecule has 100 valence electrons. The number of hydrazine groups is 1. The van der Waals surface area contributed by atoms with Crippen LogP contribution in [0.4, 0.5) is 0 Å². The third-order valence-electron chi connectivity index (χ3n) is 3.00. The number of nitrogens with two attached hydrogens (primary N) is 1. The number of nitrogens with zero attached hydrogens (tertiary/aromatic N) is 1. The maximum absolute atomic E-state index is 5.46. The Balaban J connectivity index is 2.18. The Hall–Kier alpha value is -0.810. The minimum absolute atomic E-state index is 0.533. The van der Waals surface area contributed by atoms with Gasteiger partial charge in [0.15, 0.2) is 0 Å². The van der Waals surface area contributed by atoms with Crippen molar-refractivity contribution < 1.29 is 4.74 Å². The van der Waals surface area contributed by atoms with Crippen LogP contribution >= 0.6 is 0 Å². The molecule has 5 heteroatoms. The molecule has 1 fully saturated rings. The van der Waals surface area contributed by atoms with Gasteiger partial charge in [-0.3, -0.25) is 10.4 Å². The van der Waals surface area contributed by atoms with E-state index in [1.165, 1.54) is 32.1 Å². The highest BCUT2D eigenvalue weighted by atomic mass is 16.5. The lowest BCUT2D eigenvalue weighted by molar-refractivity contribution is 0.146. The van der Waals surface area contributed by atoms with Crippen molar-refractivity contribution in [2.75, 3.05) is 19.8 Å². The summed E-state index contributed by atoms with van der Waals surface area (Å²) in [6.45, 7) is 4.29. The fourth-order valence-corrected chi connectivity index (χ4v) is 2.08. The number of hydrogen-bond acceptors (Lipinski definition) is 3. The number of guanidine groups is 1. The summed E-state index contributed by atoms with van der Waals surface area (Å²) in [5, 5.41) is 3.37. The summed E-state index contributed by atoms with van der Waals surface area (Å²) in [4.78, 5) is 4.40. The fraction of sp³-hybridized carbons (Fsp3) is 0.917. The van der Waals surface area contributed by atoms with Crippen LogP contribution in [0.15, 0.2) is 4.99 Å². The second-order valence-corrected chi connectivity index (χ2v) is 4.40. The summed E-state index contributed by atoms with van der Waals surface area (Å²) in [5.41, 5.74) is 2.64. The molecule has 4 N–H and O–H groups in total. The highest BCUT2D eigenvalue weighted by molar-refractivity contribution is 5.79. The molecule has 0 heterocycles. The molecule has 0 amide bonds. The van der Waals surface area contributed by atoms with Crippen LogP contribution in [0, 0.1) is 0 Å². The SMILES string of the molecule is CCOCCCN=C(NN)NC1CCCCC1. The van der Waals surface area contributed by atoms with Crippen LogP contribution in [-0.4, -0.2) is 31.8 Å². The normalized spacial score (nSPS) is 18.1. The standard InChI is InChI=1S/C12H26N4O/c1-2-17-10-6-9-14-12(16-13)15-11-7-4-3-5-8-11/h11H,2-10,13H2,1H3,(H2,14,15,16). The monoisotopic (exact) mass is 242 g/mol. The zero-order valence-corrected chi connectivity index (χ0v) is 10.9. The van der Waals surface area contributed by atoms with Gasteiger partial charge in [-0.05, 0) is 26.2 Å². The number of hydrogen-bond donors (Lipinski definition) is 3. The van der Waals surface area contributed by atoms with Gasteiger partial charge in [0, 0.05) is 25.8 Å². The zero-order valence-electron chi connectivity index (χ0n) is 10.9. The van der Waals surface area contributed by atoms with Crippen LogP contribution < -0.4 is 16.6 Å². The minimum atomic E-state index is 0.533. The smallest absolute Gasteiger partial charge is 0.205 e. The molecule has 0 saturated heterocycles. The van der Waals surface area contributed by atoms with Gasteiger partial charge >= 0.3 is 0 Å². The van der Waals surface area contributed by atoms with E-state index in [0.717, 1.165) is 26.2 Å². The number of ether oxygens (including phenoxy) is 1. The molecular weight excluding hydrogens is 216 g/mol. The Morgan fingerprint density at radius 1 is 1.35 bits per heavy atom. The number of aliphatic imine (C=N–C) groups is 1. The quantitative estimate of drug-likeness (QED) is 0.215. The molecule has 1 rings (SSSR count). The maximum atomic E-state index is 5.46. The zero-order chi connectivity index (χ0) is 12.3. The van der Waals surface area contributed by atoms with E-state index in [0.29, 0.717) is 12.0 Å². The van der Waals surface area contributed by atoms with Crippen LogP contribution in [0.2, 0.25) is 0 Å². The molecule has 0 bridgehead atoms. The molecule has 0 atom stereocenters. The van der Waals surface area contributed by atoms with E-state index in [4.69, 9.17) is 10.6 Å². The Morgan fingerprint density at radius 2 is 2.12 bits per heavy atom. The summed E-state index contributed by atoms with van der Waals surface area (Å²) in [5.74, 6) is 6.17. The lowest BCUT2D eigenvalue weighted by atomic mass is 9.96. The third-order valence-corrected chi connectivity index (χ3v) is 3.00. The van der Waals surface area contributed by atoms with Gasteiger partial charge in [0.2, 0.25) is 5.96 Å². The van der Waals surface area contributed by atoms with Crippen LogP contribution in [0.25, 0.3) is 0 Å². The highest BCUT2D eigenvalue weighted by Gasteiger charge is 2.13. The van der Waals surface area contributed by atoms with E-state index in [1.807, 2.05) is 6.92 Å². The Labute approximate surface area is 104 Å². The van der Waals surface area contributed by atoms with E-state index in [1.54, 1.807) is 0 Å². The summed E-state index contributed by atoms with van der Waals surface area (Å²) in [6, 6.07) is 0.533. The molecule has 1 aliphatic rings. The van der Waals surface area contributed by atoms with Gasteiger partial charge in [-0.25, -0.2) is 5.84 Å². The molecular formula is C12H26N4O. The molecule has 17 heavy (non-hydrogen) atoms. The summed E-state index contributed by atoms with van der Waals surface area (Å²) < 4.78 is 5.26. The molecule has 0 radical (unpaired) electrons. The second kappa shape index (κ2) is 9.24. The van der Waals surface area contributed by atoms with E-state index < -0.39 is 0 Å². The average molecular weight is 242 g/mol. The summed E-state index contributed by atoms with van der Waals surface area (Å²) >= 11 is 0. The molecule has 5 nitrogen and oxygen atoms in total. The van der Waals surface area contributed by atoms with Gasteiger partial charge in [0.1, 0.15) is 0 Å². The maximum Gasteiger partial charge on any atom is 0.205 e.